The number of rotatable bonds is 6. The molecule has 0 radical (unpaired) electrons. The lowest BCUT2D eigenvalue weighted by molar-refractivity contribution is -0.384. The Hall–Kier alpha value is -3.21. The number of carbonyl (C=O) groups excluding carboxylic acids is 3. The van der Waals surface area contributed by atoms with Crippen LogP contribution in [0.2, 0.25) is 10.0 Å². The Kier molecular flexibility index (Phi) is 7.29. The van der Waals surface area contributed by atoms with Crippen molar-refractivity contribution in [3.63, 3.8) is 0 Å². The van der Waals surface area contributed by atoms with Gasteiger partial charge in [0.05, 0.1) is 15.0 Å². The molecule has 3 N–H and O–H groups in total. The molecular formula is C20H19Cl2N5O5. The Bertz CT molecular complexity index is 1060. The number of carbonyl (C=O) groups is 3. The van der Waals surface area contributed by atoms with Crippen LogP contribution in [0.25, 0.3) is 0 Å². The first-order chi connectivity index (χ1) is 15.2. The van der Waals surface area contributed by atoms with Gasteiger partial charge in [-0.2, -0.15) is 0 Å². The van der Waals surface area contributed by atoms with Crippen molar-refractivity contribution in [2.24, 2.45) is 5.73 Å². The molecule has 1 fully saturated rings. The monoisotopic (exact) mass is 479 g/mol. The minimum absolute atomic E-state index is 0.0869. The zero-order chi connectivity index (χ0) is 23.4. The van der Waals surface area contributed by atoms with Crippen LogP contribution in [-0.4, -0.2) is 64.8 Å². The summed E-state index contributed by atoms with van der Waals surface area (Å²) < 4.78 is 0. The molecule has 3 amide bonds. The summed E-state index contributed by atoms with van der Waals surface area (Å²) in [7, 11) is 0. The second-order valence-corrected chi connectivity index (χ2v) is 7.70. The number of nitro benzene ring substituents is 1. The molecular weight excluding hydrogens is 461 g/mol. The molecule has 32 heavy (non-hydrogen) atoms. The Labute approximate surface area is 193 Å². The van der Waals surface area contributed by atoms with Gasteiger partial charge in [0.25, 0.3) is 23.4 Å². The van der Waals surface area contributed by atoms with Crippen molar-refractivity contribution in [1.29, 1.82) is 0 Å². The van der Waals surface area contributed by atoms with E-state index in [1.54, 1.807) is 0 Å². The fourth-order valence-corrected chi connectivity index (χ4v) is 3.61. The molecule has 0 aromatic heterocycles. The fraction of sp³-hybridized carbons (Fsp3) is 0.250. The molecule has 2 aromatic carbocycles. The number of benzene rings is 2. The highest BCUT2D eigenvalue weighted by atomic mass is 35.5. The van der Waals surface area contributed by atoms with Crippen molar-refractivity contribution in [2.75, 3.05) is 26.2 Å². The summed E-state index contributed by atoms with van der Waals surface area (Å²) in [6, 6.07) is 9.35. The van der Waals surface area contributed by atoms with E-state index in [-0.39, 0.29) is 53.0 Å². The minimum Gasteiger partial charge on any atom is -0.351 e. The van der Waals surface area contributed by atoms with Crippen LogP contribution in [0.5, 0.6) is 0 Å². The normalized spacial score (nSPS) is 15.5. The largest absolute Gasteiger partial charge is 0.351 e. The molecule has 3 rings (SSSR count). The first-order valence-electron chi connectivity index (χ1n) is 9.54. The van der Waals surface area contributed by atoms with Gasteiger partial charge in [-0.05, 0) is 30.3 Å². The van der Waals surface area contributed by atoms with E-state index in [0.717, 1.165) is 0 Å². The van der Waals surface area contributed by atoms with Crippen LogP contribution in [-0.2, 0) is 4.79 Å². The molecule has 2 aromatic rings. The van der Waals surface area contributed by atoms with Crippen LogP contribution < -0.4 is 11.1 Å². The smallest absolute Gasteiger partial charge is 0.269 e. The number of nitro groups is 1. The molecule has 1 aliphatic rings. The zero-order valence-corrected chi connectivity index (χ0v) is 18.2. The standard InChI is InChI=1S/C20H19Cl2N5O5/c21-15-6-3-13(11-16(15)22)20(30)26-10-9-25(18(26)17(28)24-8-7-23)19(29)12-1-4-14(5-2-12)27(31)32/h1-6,11,18H,7-10,23H2,(H,24,28). The topological polar surface area (TPSA) is 139 Å². The lowest BCUT2D eigenvalue weighted by Gasteiger charge is -2.29. The van der Waals surface area contributed by atoms with Crippen molar-refractivity contribution in [2.45, 2.75) is 6.17 Å². The summed E-state index contributed by atoms with van der Waals surface area (Å²) in [5, 5.41) is 13.9. The van der Waals surface area contributed by atoms with Crippen LogP contribution in [0.3, 0.4) is 0 Å². The lowest BCUT2D eigenvalue weighted by atomic mass is 10.1. The number of hydrogen-bond donors (Lipinski definition) is 2. The summed E-state index contributed by atoms with van der Waals surface area (Å²) in [6.07, 6.45) is -1.23. The number of nitrogens with zero attached hydrogens (tertiary/aromatic N) is 3. The van der Waals surface area contributed by atoms with Crippen LogP contribution >= 0.6 is 23.2 Å². The highest BCUT2D eigenvalue weighted by molar-refractivity contribution is 6.42. The molecule has 12 heteroatoms. The van der Waals surface area contributed by atoms with Crippen molar-refractivity contribution >= 4 is 46.6 Å². The quantitative estimate of drug-likeness (QED) is 0.478. The van der Waals surface area contributed by atoms with Gasteiger partial charge in [-0.1, -0.05) is 23.2 Å². The maximum atomic E-state index is 13.1. The maximum Gasteiger partial charge on any atom is 0.269 e. The molecule has 1 atom stereocenters. The molecule has 1 aliphatic heterocycles. The first kappa shape index (κ1) is 23.5. The van der Waals surface area contributed by atoms with E-state index >= 15 is 0 Å². The van der Waals surface area contributed by atoms with Crippen LogP contribution in [0.15, 0.2) is 42.5 Å². The van der Waals surface area contributed by atoms with E-state index in [9.17, 15) is 24.5 Å². The zero-order valence-electron chi connectivity index (χ0n) is 16.7. The van der Waals surface area contributed by atoms with Gasteiger partial charge in [-0.15, -0.1) is 0 Å². The number of non-ortho nitro benzene ring substituents is 1. The fourth-order valence-electron chi connectivity index (χ4n) is 3.31. The van der Waals surface area contributed by atoms with E-state index in [1.165, 1.54) is 52.3 Å². The molecule has 1 unspecified atom stereocenters. The second-order valence-electron chi connectivity index (χ2n) is 6.88. The third kappa shape index (κ3) is 4.82. The van der Waals surface area contributed by atoms with Crippen molar-refractivity contribution in [3.8, 4) is 0 Å². The minimum atomic E-state index is -1.23. The Morgan fingerprint density at radius 2 is 1.56 bits per heavy atom. The van der Waals surface area contributed by atoms with Gasteiger partial charge < -0.3 is 20.9 Å². The maximum absolute atomic E-state index is 13.1. The van der Waals surface area contributed by atoms with E-state index in [2.05, 4.69) is 5.32 Å². The molecule has 1 heterocycles. The average molecular weight is 480 g/mol. The molecule has 0 aliphatic carbocycles. The Morgan fingerprint density at radius 3 is 2.09 bits per heavy atom. The second kappa shape index (κ2) is 9.94. The van der Waals surface area contributed by atoms with Gasteiger partial charge in [0.15, 0.2) is 6.17 Å². The van der Waals surface area contributed by atoms with E-state index < -0.39 is 28.8 Å². The van der Waals surface area contributed by atoms with Crippen molar-refractivity contribution < 1.29 is 19.3 Å². The van der Waals surface area contributed by atoms with E-state index in [4.69, 9.17) is 28.9 Å². The van der Waals surface area contributed by atoms with Gasteiger partial charge in [0.1, 0.15) is 0 Å². The molecule has 10 nitrogen and oxygen atoms in total. The summed E-state index contributed by atoms with van der Waals surface area (Å²) in [6.45, 7) is 0.515. The highest BCUT2D eigenvalue weighted by Gasteiger charge is 2.43. The summed E-state index contributed by atoms with van der Waals surface area (Å²) in [4.78, 5) is 51.9. The third-order valence-corrected chi connectivity index (χ3v) is 5.60. The van der Waals surface area contributed by atoms with Gasteiger partial charge in [0, 0.05) is 49.4 Å². The third-order valence-electron chi connectivity index (χ3n) is 4.86. The molecule has 1 saturated heterocycles. The number of nitrogens with one attached hydrogen (secondary N) is 1. The summed E-state index contributed by atoms with van der Waals surface area (Å²) in [5.41, 5.74) is 5.65. The molecule has 0 spiro atoms. The lowest BCUT2D eigenvalue weighted by Crippen LogP contribution is -2.54. The highest BCUT2D eigenvalue weighted by Crippen LogP contribution is 2.26. The molecule has 168 valence electrons. The Morgan fingerprint density at radius 1 is 1.00 bits per heavy atom. The van der Waals surface area contributed by atoms with Gasteiger partial charge in [0.2, 0.25) is 0 Å². The number of halogens is 2. The molecule has 0 bridgehead atoms. The van der Waals surface area contributed by atoms with Crippen LogP contribution in [0.1, 0.15) is 20.7 Å². The van der Waals surface area contributed by atoms with Crippen LogP contribution in [0, 0.1) is 10.1 Å². The Balaban J connectivity index is 1.91. The van der Waals surface area contributed by atoms with Gasteiger partial charge >= 0.3 is 0 Å². The molecule has 0 saturated carbocycles. The average Bonchev–Trinajstić information content (AvgIpc) is 3.23. The summed E-state index contributed by atoms with van der Waals surface area (Å²) >= 11 is 11.9. The number of hydrogen-bond acceptors (Lipinski definition) is 6. The van der Waals surface area contributed by atoms with Crippen LogP contribution in [0.4, 0.5) is 5.69 Å². The predicted molar refractivity (Wildman–Crippen MR) is 117 cm³/mol. The number of amides is 3. The first-order valence-corrected chi connectivity index (χ1v) is 10.3. The number of nitrogens with two attached hydrogens (primary N) is 1. The van der Waals surface area contributed by atoms with E-state index in [0.29, 0.717) is 0 Å². The van der Waals surface area contributed by atoms with E-state index in [1.807, 2.05) is 0 Å². The van der Waals surface area contributed by atoms with Crippen molar-refractivity contribution in [3.05, 3.63) is 73.8 Å². The summed E-state index contributed by atoms with van der Waals surface area (Å²) in [5.74, 6) is -1.62. The SMILES string of the molecule is NCCNC(=O)C1N(C(=O)c2ccc([N+](=O)[O-])cc2)CCN1C(=O)c1ccc(Cl)c(Cl)c1. The van der Waals surface area contributed by atoms with Gasteiger partial charge in [-0.25, -0.2) is 0 Å². The van der Waals surface area contributed by atoms with Gasteiger partial charge in [-0.3, -0.25) is 24.5 Å². The van der Waals surface area contributed by atoms with Crippen molar-refractivity contribution in [1.82, 2.24) is 15.1 Å². The predicted octanol–water partition coefficient (Wildman–Crippen LogP) is 1.90.